The van der Waals surface area contributed by atoms with E-state index < -0.39 is 18.0 Å². The summed E-state index contributed by atoms with van der Waals surface area (Å²) in [6.07, 6.45) is 0.476. The van der Waals surface area contributed by atoms with E-state index in [-0.39, 0.29) is 24.2 Å². The number of para-hydroxylation sites is 1. The van der Waals surface area contributed by atoms with Crippen molar-refractivity contribution >= 4 is 28.6 Å². The van der Waals surface area contributed by atoms with Crippen molar-refractivity contribution in [1.82, 2.24) is 20.7 Å². The maximum atomic E-state index is 14.3. The van der Waals surface area contributed by atoms with Crippen molar-refractivity contribution in [3.8, 4) is 17.0 Å². The average Bonchev–Trinajstić information content (AvgIpc) is 3.58. The lowest BCUT2D eigenvalue weighted by Crippen LogP contribution is -2.54. The van der Waals surface area contributed by atoms with Crippen LogP contribution in [0.1, 0.15) is 58.9 Å². The lowest BCUT2D eigenvalue weighted by atomic mass is 9.91. The van der Waals surface area contributed by atoms with Crippen LogP contribution in [-0.2, 0) is 16.0 Å². The molecule has 4 aromatic carbocycles. The van der Waals surface area contributed by atoms with Crippen LogP contribution in [0.25, 0.3) is 22.2 Å². The molecule has 0 aliphatic carbocycles. The number of carbonyl (C=O) groups excluding carboxylic acids is 3. The molecule has 0 bridgehead atoms. The van der Waals surface area contributed by atoms with E-state index >= 15 is 0 Å². The van der Waals surface area contributed by atoms with E-state index in [1.807, 2.05) is 56.3 Å². The minimum atomic E-state index is -0.856. The van der Waals surface area contributed by atoms with Crippen molar-refractivity contribution < 1.29 is 19.1 Å². The number of carbonyl (C=O) groups is 3. The number of ether oxygens (including phenoxy) is 1. The molecule has 1 aliphatic rings. The zero-order valence-electron chi connectivity index (χ0n) is 26.5. The number of methoxy groups -OCH3 is 1. The van der Waals surface area contributed by atoms with Crippen LogP contribution in [0.3, 0.4) is 0 Å². The number of fused-ring (bicyclic) bond motifs is 2. The molecule has 0 saturated carbocycles. The van der Waals surface area contributed by atoms with Crippen molar-refractivity contribution in [2.24, 2.45) is 5.92 Å². The summed E-state index contributed by atoms with van der Waals surface area (Å²) in [5.74, 6) is -0.249. The third kappa shape index (κ3) is 5.98. The SMILES string of the molecule is COc1ccc(CC(=O)NNC(=O)C(CC(C)C)N2C(=O)c3ccccc3C2c2c(-c3ccc(C)cc3)[nH]c3ccccc23)cc1. The molecule has 2 atom stereocenters. The molecule has 1 aromatic heterocycles. The van der Waals surface area contributed by atoms with Gasteiger partial charge in [0.2, 0.25) is 5.91 Å². The van der Waals surface area contributed by atoms with E-state index in [2.05, 4.69) is 53.1 Å². The highest BCUT2D eigenvalue weighted by atomic mass is 16.5. The van der Waals surface area contributed by atoms with Crippen LogP contribution < -0.4 is 15.6 Å². The molecule has 3 N–H and O–H groups in total. The number of nitrogens with zero attached hydrogens (tertiary/aromatic N) is 1. The number of aromatic amines is 1. The first kappa shape index (κ1) is 30.6. The summed E-state index contributed by atoms with van der Waals surface area (Å²) in [5.41, 5.74) is 12.3. The fourth-order valence-corrected chi connectivity index (χ4v) is 6.33. The Morgan fingerprint density at radius 2 is 1.59 bits per heavy atom. The number of nitrogens with one attached hydrogen (secondary N) is 3. The van der Waals surface area contributed by atoms with Crippen LogP contribution in [0, 0.1) is 12.8 Å². The molecule has 8 nitrogen and oxygen atoms in total. The highest BCUT2D eigenvalue weighted by Gasteiger charge is 2.45. The third-order valence-electron chi connectivity index (χ3n) is 8.54. The van der Waals surface area contributed by atoms with Gasteiger partial charge in [-0.25, -0.2) is 0 Å². The van der Waals surface area contributed by atoms with Gasteiger partial charge in [-0.3, -0.25) is 25.2 Å². The number of hydrazine groups is 1. The Kier molecular flexibility index (Phi) is 8.61. The number of H-pyrrole nitrogens is 1. The Balaban J connectivity index is 1.38. The van der Waals surface area contributed by atoms with Crippen LogP contribution in [0.2, 0.25) is 0 Å². The van der Waals surface area contributed by atoms with Gasteiger partial charge in [-0.2, -0.15) is 0 Å². The minimum Gasteiger partial charge on any atom is -0.497 e. The fraction of sp³-hybridized carbons (Fsp3) is 0.237. The van der Waals surface area contributed by atoms with Crippen LogP contribution in [0.15, 0.2) is 97.1 Å². The number of aryl methyl sites for hydroxylation is 1. The summed E-state index contributed by atoms with van der Waals surface area (Å²) in [5, 5.41) is 0.981. The summed E-state index contributed by atoms with van der Waals surface area (Å²) >= 11 is 0. The van der Waals surface area contributed by atoms with E-state index in [9.17, 15) is 14.4 Å². The smallest absolute Gasteiger partial charge is 0.261 e. The first-order chi connectivity index (χ1) is 22.2. The number of benzene rings is 4. The van der Waals surface area contributed by atoms with Gasteiger partial charge >= 0.3 is 0 Å². The molecule has 0 spiro atoms. The number of hydrogen-bond acceptors (Lipinski definition) is 4. The lowest BCUT2D eigenvalue weighted by Gasteiger charge is -2.34. The lowest BCUT2D eigenvalue weighted by molar-refractivity contribution is -0.132. The molecule has 0 fully saturated rings. The molecule has 5 aromatic rings. The molecule has 0 saturated heterocycles. The molecule has 8 heteroatoms. The van der Waals surface area contributed by atoms with Crippen molar-refractivity contribution in [2.75, 3.05) is 7.11 Å². The van der Waals surface area contributed by atoms with Gasteiger partial charge in [-0.15, -0.1) is 0 Å². The molecule has 0 radical (unpaired) electrons. The van der Waals surface area contributed by atoms with Gasteiger partial charge in [-0.05, 0) is 60.2 Å². The number of hydrogen-bond donors (Lipinski definition) is 3. The molecule has 46 heavy (non-hydrogen) atoms. The maximum Gasteiger partial charge on any atom is 0.261 e. The van der Waals surface area contributed by atoms with E-state index in [4.69, 9.17) is 4.74 Å². The van der Waals surface area contributed by atoms with Gasteiger partial charge in [0.25, 0.3) is 11.8 Å². The van der Waals surface area contributed by atoms with Gasteiger partial charge in [0.1, 0.15) is 11.8 Å². The number of aromatic nitrogens is 1. The van der Waals surface area contributed by atoms with Crippen molar-refractivity contribution in [2.45, 2.75) is 45.7 Å². The molecule has 3 amide bonds. The topological polar surface area (TPSA) is 104 Å². The second-order valence-electron chi connectivity index (χ2n) is 12.2. The third-order valence-corrected chi connectivity index (χ3v) is 8.54. The molecule has 234 valence electrons. The van der Waals surface area contributed by atoms with E-state index in [1.165, 1.54) is 0 Å². The Morgan fingerprint density at radius 1 is 0.891 bits per heavy atom. The molecular formula is C38H38N4O4. The Bertz CT molecular complexity index is 1890. The largest absolute Gasteiger partial charge is 0.497 e. The summed E-state index contributed by atoms with van der Waals surface area (Å²) < 4.78 is 5.20. The monoisotopic (exact) mass is 614 g/mol. The highest BCUT2D eigenvalue weighted by Crippen LogP contribution is 2.47. The van der Waals surface area contributed by atoms with E-state index in [1.54, 1.807) is 36.3 Å². The second-order valence-corrected chi connectivity index (χ2v) is 12.2. The summed E-state index contributed by atoms with van der Waals surface area (Å²) in [6.45, 7) is 6.09. The van der Waals surface area contributed by atoms with Crippen molar-refractivity contribution in [3.05, 3.63) is 125 Å². The van der Waals surface area contributed by atoms with E-state index in [0.717, 1.165) is 44.4 Å². The van der Waals surface area contributed by atoms with Gasteiger partial charge in [-0.1, -0.05) is 92.2 Å². The van der Waals surface area contributed by atoms with Crippen LogP contribution in [0.5, 0.6) is 5.75 Å². The molecule has 2 unspecified atom stereocenters. The first-order valence-electron chi connectivity index (χ1n) is 15.6. The number of rotatable bonds is 9. The molecule has 2 heterocycles. The normalized spacial score (nSPS) is 14.8. The zero-order chi connectivity index (χ0) is 32.4. The van der Waals surface area contributed by atoms with Crippen LogP contribution >= 0.6 is 0 Å². The van der Waals surface area contributed by atoms with Crippen LogP contribution in [0.4, 0.5) is 0 Å². The standard InChI is InChI=1S/C38H38N4O4/c1-23(2)21-32(37(44)41-40-33(43)22-25-15-19-27(46-4)20-16-25)42-36(28-9-5-6-10-29(28)38(42)45)34-30-11-7-8-12-31(30)39-35(34)26-17-13-24(3)14-18-26/h5-20,23,32,36,39H,21-22H2,1-4H3,(H,40,43)(H,41,44). The quantitative estimate of drug-likeness (QED) is 0.165. The summed E-state index contributed by atoms with van der Waals surface area (Å²) in [6, 6.07) is 29.7. The first-order valence-corrected chi connectivity index (χ1v) is 15.6. The van der Waals surface area contributed by atoms with Crippen LogP contribution in [-0.4, -0.2) is 40.8 Å². The number of amides is 3. The Hall–Kier alpha value is -5.37. The van der Waals surface area contributed by atoms with Crippen molar-refractivity contribution in [1.29, 1.82) is 0 Å². The van der Waals surface area contributed by atoms with Crippen molar-refractivity contribution in [3.63, 3.8) is 0 Å². The second kappa shape index (κ2) is 12.9. The molecule has 1 aliphatic heterocycles. The maximum absolute atomic E-state index is 14.3. The van der Waals surface area contributed by atoms with Gasteiger partial charge in [0.05, 0.1) is 25.3 Å². The zero-order valence-corrected chi connectivity index (χ0v) is 26.5. The average molecular weight is 615 g/mol. The van der Waals surface area contributed by atoms with Gasteiger partial charge < -0.3 is 14.6 Å². The van der Waals surface area contributed by atoms with Gasteiger partial charge in [0.15, 0.2) is 0 Å². The molecule has 6 rings (SSSR count). The highest BCUT2D eigenvalue weighted by molar-refractivity contribution is 6.04. The Morgan fingerprint density at radius 3 is 2.30 bits per heavy atom. The summed E-state index contributed by atoms with van der Waals surface area (Å²) in [4.78, 5) is 46.5. The van der Waals surface area contributed by atoms with Gasteiger partial charge in [0, 0.05) is 22.0 Å². The summed E-state index contributed by atoms with van der Waals surface area (Å²) in [7, 11) is 1.58. The predicted molar refractivity (Wildman–Crippen MR) is 179 cm³/mol. The molecular weight excluding hydrogens is 576 g/mol. The minimum absolute atomic E-state index is 0.0745. The predicted octanol–water partition coefficient (Wildman–Crippen LogP) is 6.50. The Labute approximate surface area is 268 Å². The van der Waals surface area contributed by atoms with E-state index in [0.29, 0.717) is 17.7 Å². The fourth-order valence-electron chi connectivity index (χ4n) is 6.33.